The number of hydrogen-bond donors (Lipinski definition) is 1. The Hall–Kier alpha value is -0.0500. The standard InChI is InChI=1S/C6H10BrNO/c1-4(7)6(9)8-5-2-3-5/h4-5H,2-3H2,1H3,(H,8,9)/t4-/m0/s1. The summed E-state index contributed by atoms with van der Waals surface area (Å²) in [5, 5.41) is 2.87. The largest absolute Gasteiger partial charge is 0.352 e. The van der Waals surface area contributed by atoms with Crippen LogP contribution in [0.1, 0.15) is 19.8 Å². The van der Waals surface area contributed by atoms with Crippen LogP contribution in [0, 0.1) is 0 Å². The third kappa shape index (κ3) is 2.35. The van der Waals surface area contributed by atoms with Gasteiger partial charge in [-0.3, -0.25) is 4.79 Å². The van der Waals surface area contributed by atoms with Crippen LogP contribution in [0.4, 0.5) is 0 Å². The number of hydrogen-bond acceptors (Lipinski definition) is 1. The molecule has 2 nitrogen and oxygen atoms in total. The van der Waals surface area contributed by atoms with Crippen molar-refractivity contribution in [3.8, 4) is 0 Å². The van der Waals surface area contributed by atoms with Crippen molar-refractivity contribution in [1.82, 2.24) is 5.32 Å². The van der Waals surface area contributed by atoms with Gasteiger partial charge in [0.25, 0.3) is 0 Å². The SMILES string of the molecule is C[C@H](Br)C(=O)NC1CC1. The smallest absolute Gasteiger partial charge is 0.233 e. The minimum atomic E-state index is -0.0434. The Morgan fingerprint density at radius 3 is 2.67 bits per heavy atom. The second-order valence-electron chi connectivity index (χ2n) is 2.40. The first kappa shape index (κ1) is 7.06. The lowest BCUT2D eigenvalue weighted by Crippen LogP contribution is -2.30. The highest BCUT2D eigenvalue weighted by Crippen LogP contribution is 2.19. The molecule has 1 N–H and O–H groups in total. The Morgan fingerprint density at radius 1 is 1.78 bits per heavy atom. The summed E-state index contributed by atoms with van der Waals surface area (Å²) >= 11 is 3.18. The molecule has 0 spiro atoms. The zero-order valence-corrected chi connectivity index (χ0v) is 6.94. The maximum Gasteiger partial charge on any atom is 0.233 e. The summed E-state index contributed by atoms with van der Waals surface area (Å²) in [6.07, 6.45) is 2.32. The Labute approximate surface area is 63.1 Å². The van der Waals surface area contributed by atoms with Gasteiger partial charge >= 0.3 is 0 Å². The monoisotopic (exact) mass is 191 g/mol. The zero-order chi connectivity index (χ0) is 6.85. The molecule has 1 rings (SSSR count). The summed E-state index contributed by atoms with van der Waals surface area (Å²) in [5.74, 6) is 0.109. The van der Waals surface area contributed by atoms with Gasteiger partial charge in [-0.2, -0.15) is 0 Å². The highest BCUT2D eigenvalue weighted by molar-refractivity contribution is 9.10. The van der Waals surface area contributed by atoms with Crippen LogP contribution < -0.4 is 5.32 Å². The molecule has 0 radical (unpaired) electrons. The maximum atomic E-state index is 10.8. The second-order valence-corrected chi connectivity index (χ2v) is 3.77. The summed E-state index contributed by atoms with van der Waals surface area (Å²) in [4.78, 5) is 10.8. The van der Waals surface area contributed by atoms with Crippen molar-refractivity contribution < 1.29 is 4.79 Å². The molecule has 1 saturated carbocycles. The molecule has 1 aliphatic carbocycles. The third-order valence-electron chi connectivity index (χ3n) is 1.29. The molecule has 0 aromatic carbocycles. The lowest BCUT2D eigenvalue weighted by atomic mass is 10.4. The van der Waals surface area contributed by atoms with E-state index in [0.717, 1.165) is 12.8 Å². The molecule has 1 atom stereocenters. The lowest BCUT2D eigenvalue weighted by molar-refractivity contribution is -0.120. The van der Waals surface area contributed by atoms with Crippen molar-refractivity contribution in [3.63, 3.8) is 0 Å². The molecule has 52 valence electrons. The van der Waals surface area contributed by atoms with Crippen molar-refractivity contribution in [3.05, 3.63) is 0 Å². The van der Waals surface area contributed by atoms with Crippen LogP contribution in [0.3, 0.4) is 0 Å². The average molecular weight is 192 g/mol. The van der Waals surface area contributed by atoms with Crippen LogP contribution >= 0.6 is 15.9 Å². The van der Waals surface area contributed by atoms with Crippen LogP contribution in [-0.2, 0) is 4.79 Å². The molecule has 1 fully saturated rings. The minimum absolute atomic E-state index is 0.0434. The summed E-state index contributed by atoms with van der Waals surface area (Å²) in [7, 11) is 0. The van der Waals surface area contributed by atoms with E-state index < -0.39 is 0 Å². The first-order chi connectivity index (χ1) is 4.20. The summed E-state index contributed by atoms with van der Waals surface area (Å²) in [5.41, 5.74) is 0. The second kappa shape index (κ2) is 2.69. The van der Waals surface area contributed by atoms with Gasteiger partial charge in [0, 0.05) is 6.04 Å². The molecule has 0 aromatic rings. The normalized spacial score (nSPS) is 21.1. The van der Waals surface area contributed by atoms with E-state index in [0.29, 0.717) is 6.04 Å². The number of alkyl halides is 1. The highest BCUT2D eigenvalue weighted by atomic mass is 79.9. The summed E-state index contributed by atoms with van der Waals surface area (Å²) in [6.45, 7) is 1.83. The van der Waals surface area contributed by atoms with E-state index in [4.69, 9.17) is 0 Å². The number of nitrogens with one attached hydrogen (secondary N) is 1. The molecule has 0 aromatic heterocycles. The van der Waals surface area contributed by atoms with E-state index in [1.165, 1.54) is 0 Å². The Morgan fingerprint density at radius 2 is 2.33 bits per heavy atom. The molecule has 0 saturated heterocycles. The maximum absolute atomic E-state index is 10.8. The number of halogens is 1. The topological polar surface area (TPSA) is 29.1 Å². The zero-order valence-electron chi connectivity index (χ0n) is 5.36. The molecule has 1 aliphatic rings. The number of amides is 1. The van der Waals surface area contributed by atoms with Gasteiger partial charge in [0.15, 0.2) is 0 Å². The van der Waals surface area contributed by atoms with E-state index >= 15 is 0 Å². The average Bonchev–Trinajstić information content (AvgIpc) is 2.50. The van der Waals surface area contributed by atoms with Gasteiger partial charge in [-0.05, 0) is 19.8 Å². The van der Waals surface area contributed by atoms with Gasteiger partial charge in [0.05, 0.1) is 4.83 Å². The molecule has 0 bridgehead atoms. The molecule has 0 aliphatic heterocycles. The van der Waals surface area contributed by atoms with Gasteiger partial charge in [-0.1, -0.05) is 15.9 Å². The molecule has 0 unspecified atom stereocenters. The molecule has 1 amide bonds. The number of carbonyl (C=O) groups is 1. The fourth-order valence-electron chi connectivity index (χ4n) is 0.544. The van der Waals surface area contributed by atoms with Crippen LogP contribution in [0.2, 0.25) is 0 Å². The van der Waals surface area contributed by atoms with Gasteiger partial charge < -0.3 is 5.32 Å². The Bertz CT molecular complexity index is 120. The van der Waals surface area contributed by atoms with Crippen LogP contribution in [-0.4, -0.2) is 16.8 Å². The fraction of sp³-hybridized carbons (Fsp3) is 0.833. The van der Waals surface area contributed by atoms with Crippen molar-refractivity contribution in [2.75, 3.05) is 0 Å². The van der Waals surface area contributed by atoms with Crippen LogP contribution in [0.15, 0.2) is 0 Å². The minimum Gasteiger partial charge on any atom is -0.352 e. The van der Waals surface area contributed by atoms with Crippen molar-refractivity contribution >= 4 is 21.8 Å². The first-order valence-electron chi connectivity index (χ1n) is 3.14. The molecular weight excluding hydrogens is 182 g/mol. The van der Waals surface area contributed by atoms with E-state index in [2.05, 4.69) is 21.2 Å². The van der Waals surface area contributed by atoms with Gasteiger partial charge in [0.2, 0.25) is 5.91 Å². The Kier molecular flexibility index (Phi) is 2.11. The van der Waals surface area contributed by atoms with Gasteiger partial charge in [-0.25, -0.2) is 0 Å². The predicted octanol–water partition coefficient (Wildman–Crippen LogP) is 1.05. The quantitative estimate of drug-likeness (QED) is 0.651. The molecule has 0 heterocycles. The molecule has 3 heteroatoms. The lowest BCUT2D eigenvalue weighted by Gasteiger charge is -2.02. The van der Waals surface area contributed by atoms with Crippen molar-refractivity contribution in [2.45, 2.75) is 30.6 Å². The van der Waals surface area contributed by atoms with E-state index in [9.17, 15) is 4.79 Å². The van der Waals surface area contributed by atoms with Crippen molar-refractivity contribution in [2.24, 2.45) is 0 Å². The first-order valence-corrected chi connectivity index (χ1v) is 4.06. The van der Waals surface area contributed by atoms with E-state index in [1.807, 2.05) is 6.92 Å². The predicted molar refractivity (Wildman–Crippen MR) is 39.6 cm³/mol. The van der Waals surface area contributed by atoms with Crippen molar-refractivity contribution in [1.29, 1.82) is 0 Å². The Balaban J connectivity index is 2.17. The molecular formula is C6H10BrNO. The number of carbonyl (C=O) groups excluding carboxylic acids is 1. The third-order valence-corrected chi connectivity index (χ3v) is 1.70. The number of rotatable bonds is 2. The van der Waals surface area contributed by atoms with Gasteiger partial charge in [0.1, 0.15) is 0 Å². The van der Waals surface area contributed by atoms with E-state index in [1.54, 1.807) is 0 Å². The van der Waals surface area contributed by atoms with E-state index in [-0.39, 0.29) is 10.7 Å². The summed E-state index contributed by atoms with van der Waals surface area (Å²) in [6, 6.07) is 0.484. The molecule has 9 heavy (non-hydrogen) atoms. The highest BCUT2D eigenvalue weighted by Gasteiger charge is 2.24. The summed E-state index contributed by atoms with van der Waals surface area (Å²) < 4.78 is 0. The fourth-order valence-corrected chi connectivity index (χ4v) is 0.676. The van der Waals surface area contributed by atoms with Crippen LogP contribution in [0.5, 0.6) is 0 Å². The van der Waals surface area contributed by atoms with Crippen LogP contribution in [0.25, 0.3) is 0 Å². The van der Waals surface area contributed by atoms with Gasteiger partial charge in [-0.15, -0.1) is 0 Å².